The van der Waals surface area contributed by atoms with Crippen molar-refractivity contribution in [3.8, 4) is 0 Å². The van der Waals surface area contributed by atoms with E-state index in [1.54, 1.807) is 6.08 Å². The van der Waals surface area contributed by atoms with Gasteiger partial charge in [0, 0.05) is 24.5 Å². The SMILES string of the molecule is CC(C)N1CCOC(C2(C)C=C(C(F)(F)F)C=CC2)C1. The fraction of sp³-hybridized carbons (Fsp3) is 0.733. The maximum absolute atomic E-state index is 12.9. The van der Waals surface area contributed by atoms with Gasteiger partial charge in [-0.05, 0) is 20.3 Å². The van der Waals surface area contributed by atoms with Crippen LogP contribution < -0.4 is 0 Å². The summed E-state index contributed by atoms with van der Waals surface area (Å²) in [4.78, 5) is 2.26. The van der Waals surface area contributed by atoms with Crippen LogP contribution in [0.3, 0.4) is 0 Å². The van der Waals surface area contributed by atoms with Crippen LogP contribution >= 0.6 is 0 Å². The quantitative estimate of drug-likeness (QED) is 0.771. The van der Waals surface area contributed by atoms with E-state index in [0.29, 0.717) is 25.6 Å². The Morgan fingerprint density at radius 2 is 2.10 bits per heavy atom. The number of morpholine rings is 1. The summed E-state index contributed by atoms with van der Waals surface area (Å²) >= 11 is 0. The van der Waals surface area contributed by atoms with E-state index in [1.165, 1.54) is 12.2 Å². The van der Waals surface area contributed by atoms with Gasteiger partial charge in [0.1, 0.15) is 0 Å². The summed E-state index contributed by atoms with van der Waals surface area (Å²) in [5.74, 6) is 0. The molecule has 2 aliphatic rings. The Kier molecular flexibility index (Phi) is 4.30. The molecular formula is C15H22F3NO. The molecule has 1 aliphatic heterocycles. The summed E-state index contributed by atoms with van der Waals surface area (Å²) < 4.78 is 44.4. The number of nitrogens with zero attached hydrogens (tertiary/aromatic N) is 1. The zero-order chi connectivity index (χ0) is 15.0. The van der Waals surface area contributed by atoms with Crippen LogP contribution in [0.4, 0.5) is 13.2 Å². The first-order valence-electron chi connectivity index (χ1n) is 7.04. The van der Waals surface area contributed by atoms with Crippen LogP contribution in [-0.2, 0) is 4.74 Å². The molecule has 2 unspecified atom stereocenters. The van der Waals surface area contributed by atoms with Gasteiger partial charge in [0.2, 0.25) is 0 Å². The van der Waals surface area contributed by atoms with E-state index >= 15 is 0 Å². The molecule has 1 fully saturated rings. The summed E-state index contributed by atoms with van der Waals surface area (Å²) in [6.07, 6.45) is 0.238. The van der Waals surface area contributed by atoms with Gasteiger partial charge >= 0.3 is 6.18 Å². The Labute approximate surface area is 118 Å². The monoisotopic (exact) mass is 289 g/mol. The number of rotatable bonds is 2. The first kappa shape index (κ1) is 15.6. The van der Waals surface area contributed by atoms with Crippen LogP contribution in [0.2, 0.25) is 0 Å². The second-order valence-corrected chi connectivity index (χ2v) is 6.16. The van der Waals surface area contributed by atoms with E-state index in [0.717, 1.165) is 6.54 Å². The second-order valence-electron chi connectivity index (χ2n) is 6.16. The molecule has 114 valence electrons. The van der Waals surface area contributed by atoms with Gasteiger partial charge in [-0.15, -0.1) is 0 Å². The van der Waals surface area contributed by atoms with Crippen LogP contribution in [0.25, 0.3) is 0 Å². The maximum atomic E-state index is 12.9. The highest BCUT2D eigenvalue weighted by Gasteiger charge is 2.42. The molecule has 0 aromatic rings. The summed E-state index contributed by atoms with van der Waals surface area (Å²) in [6, 6.07) is 0.384. The minimum Gasteiger partial charge on any atom is -0.375 e. The van der Waals surface area contributed by atoms with Crippen molar-refractivity contribution in [2.24, 2.45) is 5.41 Å². The Bertz CT molecular complexity index is 414. The molecule has 0 spiro atoms. The van der Waals surface area contributed by atoms with Crippen molar-refractivity contribution in [1.82, 2.24) is 4.90 Å². The molecule has 0 amide bonds. The first-order valence-corrected chi connectivity index (χ1v) is 7.04. The lowest BCUT2D eigenvalue weighted by atomic mass is 9.76. The van der Waals surface area contributed by atoms with Gasteiger partial charge in [0.15, 0.2) is 0 Å². The highest BCUT2D eigenvalue weighted by Crippen LogP contribution is 2.41. The Morgan fingerprint density at radius 1 is 1.40 bits per heavy atom. The van der Waals surface area contributed by atoms with E-state index in [4.69, 9.17) is 4.74 Å². The standard InChI is InChI=1S/C15H22F3NO/c1-11(2)19-7-8-20-13(10-19)14(3)6-4-5-12(9-14)15(16,17)18/h4-5,9,11,13H,6-8,10H2,1-3H3. The number of alkyl halides is 3. The third-order valence-corrected chi connectivity index (χ3v) is 4.23. The Morgan fingerprint density at radius 3 is 2.70 bits per heavy atom. The van der Waals surface area contributed by atoms with Crippen LogP contribution in [0.5, 0.6) is 0 Å². The van der Waals surface area contributed by atoms with Crippen molar-refractivity contribution >= 4 is 0 Å². The zero-order valence-electron chi connectivity index (χ0n) is 12.2. The van der Waals surface area contributed by atoms with Crippen molar-refractivity contribution in [2.45, 2.75) is 45.5 Å². The average molecular weight is 289 g/mol. The zero-order valence-corrected chi connectivity index (χ0v) is 12.2. The highest BCUT2D eigenvalue weighted by molar-refractivity contribution is 5.31. The number of hydrogen-bond acceptors (Lipinski definition) is 2. The second kappa shape index (κ2) is 5.53. The predicted molar refractivity (Wildman–Crippen MR) is 72.5 cm³/mol. The molecule has 1 heterocycles. The number of halogens is 3. The van der Waals surface area contributed by atoms with Crippen LogP contribution in [-0.4, -0.2) is 42.9 Å². The molecule has 0 aromatic heterocycles. The van der Waals surface area contributed by atoms with Gasteiger partial charge < -0.3 is 4.74 Å². The molecule has 20 heavy (non-hydrogen) atoms. The fourth-order valence-corrected chi connectivity index (χ4v) is 2.84. The number of hydrogen-bond donors (Lipinski definition) is 0. The van der Waals surface area contributed by atoms with Crippen LogP contribution in [0.1, 0.15) is 27.2 Å². The molecule has 2 nitrogen and oxygen atoms in total. The minimum absolute atomic E-state index is 0.194. The largest absolute Gasteiger partial charge is 0.416 e. The summed E-state index contributed by atoms with van der Waals surface area (Å²) in [5, 5.41) is 0. The molecule has 5 heteroatoms. The molecule has 0 saturated carbocycles. The molecule has 0 aromatic carbocycles. The van der Waals surface area contributed by atoms with Crippen LogP contribution in [0.15, 0.2) is 23.8 Å². The molecule has 0 N–H and O–H groups in total. The van der Waals surface area contributed by atoms with Crippen molar-refractivity contribution in [1.29, 1.82) is 0 Å². The van der Waals surface area contributed by atoms with Crippen molar-refractivity contribution in [3.05, 3.63) is 23.8 Å². The maximum Gasteiger partial charge on any atom is 0.416 e. The lowest BCUT2D eigenvalue weighted by molar-refractivity contribution is -0.0974. The lowest BCUT2D eigenvalue weighted by Gasteiger charge is -2.44. The van der Waals surface area contributed by atoms with Gasteiger partial charge in [-0.1, -0.05) is 25.2 Å². The summed E-state index contributed by atoms with van der Waals surface area (Å²) in [7, 11) is 0. The van der Waals surface area contributed by atoms with Crippen LogP contribution in [0, 0.1) is 5.41 Å². The average Bonchev–Trinajstić information content (AvgIpc) is 2.38. The van der Waals surface area contributed by atoms with E-state index < -0.39 is 17.2 Å². The fourth-order valence-electron chi connectivity index (χ4n) is 2.84. The van der Waals surface area contributed by atoms with Crippen molar-refractivity contribution in [2.75, 3.05) is 19.7 Å². The third-order valence-electron chi connectivity index (χ3n) is 4.23. The molecule has 0 radical (unpaired) electrons. The molecule has 2 rings (SSSR count). The summed E-state index contributed by atoms with van der Waals surface area (Å²) in [6.45, 7) is 8.17. The third kappa shape index (κ3) is 3.26. The molecular weight excluding hydrogens is 267 g/mol. The normalized spacial score (nSPS) is 32.5. The van der Waals surface area contributed by atoms with E-state index in [1.807, 2.05) is 6.92 Å². The van der Waals surface area contributed by atoms with Crippen molar-refractivity contribution in [3.63, 3.8) is 0 Å². The van der Waals surface area contributed by atoms with Crippen molar-refractivity contribution < 1.29 is 17.9 Å². The number of ether oxygens (including phenoxy) is 1. The topological polar surface area (TPSA) is 12.5 Å². The number of allylic oxidation sites excluding steroid dienone is 3. The van der Waals surface area contributed by atoms with Gasteiger partial charge in [0.25, 0.3) is 0 Å². The molecule has 2 atom stereocenters. The van der Waals surface area contributed by atoms with Gasteiger partial charge in [0.05, 0.1) is 18.3 Å². The Hall–Kier alpha value is -0.810. The smallest absolute Gasteiger partial charge is 0.375 e. The predicted octanol–water partition coefficient (Wildman–Crippen LogP) is 3.55. The first-order chi connectivity index (χ1) is 9.22. The molecule has 1 aliphatic carbocycles. The van der Waals surface area contributed by atoms with Gasteiger partial charge in [-0.2, -0.15) is 13.2 Å². The van der Waals surface area contributed by atoms with E-state index in [2.05, 4.69) is 18.7 Å². The van der Waals surface area contributed by atoms with E-state index in [9.17, 15) is 13.2 Å². The van der Waals surface area contributed by atoms with Gasteiger partial charge in [-0.3, -0.25) is 4.90 Å². The van der Waals surface area contributed by atoms with E-state index in [-0.39, 0.29) is 6.10 Å². The lowest BCUT2D eigenvalue weighted by Crippen LogP contribution is -2.51. The minimum atomic E-state index is -4.29. The van der Waals surface area contributed by atoms with Gasteiger partial charge in [-0.25, -0.2) is 0 Å². The Balaban J connectivity index is 2.18. The molecule has 0 bridgehead atoms. The summed E-state index contributed by atoms with van der Waals surface area (Å²) in [5.41, 5.74) is -1.15. The highest BCUT2D eigenvalue weighted by atomic mass is 19.4. The molecule has 1 saturated heterocycles.